The predicted molar refractivity (Wildman–Crippen MR) is 150 cm³/mol. The zero-order chi connectivity index (χ0) is 29.3. The summed E-state index contributed by atoms with van der Waals surface area (Å²) in [6, 6.07) is 16.7. The second-order valence-corrected chi connectivity index (χ2v) is 10.8. The molecule has 1 saturated carbocycles. The van der Waals surface area contributed by atoms with Gasteiger partial charge in [-0.05, 0) is 65.8 Å². The van der Waals surface area contributed by atoms with Gasteiger partial charge in [0.05, 0.1) is 23.4 Å². The molecular formula is C33H28F5N3O. The number of hydrogen-bond acceptors (Lipinski definition) is 3. The van der Waals surface area contributed by atoms with Crippen molar-refractivity contribution in [2.45, 2.75) is 44.8 Å². The molecule has 6 rings (SSSR count). The van der Waals surface area contributed by atoms with Crippen molar-refractivity contribution < 1.29 is 26.7 Å². The summed E-state index contributed by atoms with van der Waals surface area (Å²) in [6.07, 6.45) is 4.60. The SMILES string of the molecule is Fc1cccc(-c2nc3ccn(Cc4ccc(-c5ccc(OCC6CCCCC6)cc5C(F)(F)F)cc4)cc-3n2)c1F. The van der Waals surface area contributed by atoms with E-state index in [-0.39, 0.29) is 22.7 Å². The van der Waals surface area contributed by atoms with Crippen molar-refractivity contribution in [3.05, 3.63) is 102 Å². The second kappa shape index (κ2) is 11.5. The first-order valence-corrected chi connectivity index (χ1v) is 14.0. The number of benzene rings is 3. The number of pyridine rings is 1. The van der Waals surface area contributed by atoms with Crippen LogP contribution >= 0.6 is 0 Å². The first kappa shape index (κ1) is 27.9. The minimum Gasteiger partial charge on any atom is -0.493 e. The van der Waals surface area contributed by atoms with Gasteiger partial charge in [-0.3, -0.25) is 0 Å². The largest absolute Gasteiger partial charge is 0.493 e. The van der Waals surface area contributed by atoms with Crippen LogP contribution in [0.25, 0.3) is 33.9 Å². The van der Waals surface area contributed by atoms with Crippen LogP contribution in [0.1, 0.15) is 43.2 Å². The third-order valence-corrected chi connectivity index (χ3v) is 7.76. The molecule has 0 N–H and O–H groups in total. The highest BCUT2D eigenvalue weighted by molar-refractivity contribution is 5.70. The molecule has 3 aromatic carbocycles. The third kappa shape index (κ3) is 6.00. The lowest BCUT2D eigenvalue weighted by atomic mass is 9.90. The number of fused-ring (bicyclic) bond motifs is 1. The molecule has 42 heavy (non-hydrogen) atoms. The number of hydrogen-bond donors (Lipinski definition) is 0. The molecule has 3 aromatic rings. The number of halogens is 5. The standard InChI is InChI=1S/C33H28F5N3O/c34-28-8-4-7-26(31(28)35)32-39-29-15-16-41(19-30(29)40-32)18-21-9-11-23(12-10-21)25-14-13-24(17-27(25)33(36,37)38)42-20-22-5-2-1-3-6-22/h4,7-17,19,22H,1-3,5-6,18,20H2. The Kier molecular flexibility index (Phi) is 7.66. The van der Waals surface area contributed by atoms with Crippen LogP contribution in [0.3, 0.4) is 0 Å². The highest BCUT2D eigenvalue weighted by Gasteiger charge is 2.34. The van der Waals surface area contributed by atoms with Crippen LogP contribution in [-0.4, -0.2) is 21.1 Å². The zero-order valence-corrected chi connectivity index (χ0v) is 22.7. The molecule has 3 aliphatic rings. The van der Waals surface area contributed by atoms with Crippen LogP contribution in [0.2, 0.25) is 0 Å². The minimum atomic E-state index is -4.53. The van der Waals surface area contributed by atoms with Crippen molar-refractivity contribution >= 4 is 0 Å². The van der Waals surface area contributed by atoms with E-state index in [1.54, 1.807) is 48.8 Å². The number of ether oxygens (including phenoxy) is 1. The van der Waals surface area contributed by atoms with Gasteiger partial charge in [0.1, 0.15) is 11.4 Å². The lowest BCUT2D eigenvalue weighted by molar-refractivity contribution is -0.137. The van der Waals surface area contributed by atoms with E-state index >= 15 is 0 Å². The Bertz CT molecular complexity index is 1660. The maximum absolute atomic E-state index is 14.2. The van der Waals surface area contributed by atoms with Crippen LogP contribution in [0.5, 0.6) is 5.75 Å². The average Bonchev–Trinajstić information content (AvgIpc) is 3.41. The molecule has 0 spiro atoms. The van der Waals surface area contributed by atoms with Crippen molar-refractivity contribution in [1.29, 1.82) is 0 Å². The molecule has 0 aromatic heterocycles. The Labute approximate surface area is 240 Å². The van der Waals surface area contributed by atoms with Gasteiger partial charge in [0.15, 0.2) is 17.5 Å². The first-order valence-electron chi connectivity index (χ1n) is 14.0. The number of rotatable bonds is 7. The monoisotopic (exact) mass is 577 g/mol. The fourth-order valence-corrected chi connectivity index (χ4v) is 5.51. The lowest BCUT2D eigenvalue weighted by Crippen LogP contribution is -2.15. The Morgan fingerprint density at radius 2 is 1.60 bits per heavy atom. The van der Waals surface area contributed by atoms with E-state index in [2.05, 4.69) is 9.97 Å². The Balaban J connectivity index is 1.19. The summed E-state index contributed by atoms with van der Waals surface area (Å²) in [5.74, 6) is -1.25. The molecular weight excluding hydrogens is 549 g/mol. The van der Waals surface area contributed by atoms with Gasteiger partial charge in [-0.1, -0.05) is 55.7 Å². The van der Waals surface area contributed by atoms with Gasteiger partial charge < -0.3 is 9.30 Å². The lowest BCUT2D eigenvalue weighted by Gasteiger charge is -2.22. The summed E-state index contributed by atoms with van der Waals surface area (Å²) >= 11 is 0. The molecule has 216 valence electrons. The molecule has 9 heteroatoms. The Hall–Kier alpha value is -4.27. The molecule has 0 saturated heterocycles. The highest BCUT2D eigenvalue weighted by atomic mass is 19.4. The number of alkyl halides is 3. The van der Waals surface area contributed by atoms with Gasteiger partial charge in [-0.15, -0.1) is 0 Å². The molecule has 0 amide bonds. The van der Waals surface area contributed by atoms with Crippen molar-refractivity contribution in [3.63, 3.8) is 0 Å². The van der Waals surface area contributed by atoms with E-state index in [1.807, 2.05) is 4.57 Å². The summed E-state index contributed by atoms with van der Waals surface area (Å²) in [6.45, 7) is 0.862. The quantitative estimate of drug-likeness (QED) is 0.181. The van der Waals surface area contributed by atoms with Gasteiger partial charge >= 0.3 is 6.18 Å². The molecule has 1 aliphatic carbocycles. The van der Waals surface area contributed by atoms with Gasteiger partial charge in [0.2, 0.25) is 0 Å². The van der Waals surface area contributed by atoms with Crippen LogP contribution in [0.4, 0.5) is 22.0 Å². The maximum Gasteiger partial charge on any atom is 0.417 e. The van der Waals surface area contributed by atoms with Crippen molar-refractivity contribution in [2.75, 3.05) is 6.61 Å². The zero-order valence-electron chi connectivity index (χ0n) is 22.7. The highest BCUT2D eigenvalue weighted by Crippen LogP contribution is 2.39. The van der Waals surface area contributed by atoms with E-state index < -0.39 is 23.4 Å². The van der Waals surface area contributed by atoms with E-state index in [1.165, 1.54) is 24.6 Å². The topological polar surface area (TPSA) is 39.9 Å². The van der Waals surface area contributed by atoms with Gasteiger partial charge in [0, 0.05) is 18.9 Å². The van der Waals surface area contributed by atoms with Gasteiger partial charge in [0.25, 0.3) is 0 Å². The van der Waals surface area contributed by atoms with Crippen LogP contribution < -0.4 is 4.74 Å². The molecule has 2 aliphatic heterocycles. The van der Waals surface area contributed by atoms with Gasteiger partial charge in [-0.2, -0.15) is 13.2 Å². The fourth-order valence-electron chi connectivity index (χ4n) is 5.51. The van der Waals surface area contributed by atoms with Crippen LogP contribution in [-0.2, 0) is 12.7 Å². The van der Waals surface area contributed by atoms with Crippen LogP contribution in [0.15, 0.2) is 79.1 Å². The summed E-state index contributed by atoms with van der Waals surface area (Å²) in [7, 11) is 0. The number of nitrogens with zero attached hydrogens (tertiary/aromatic N) is 3. The van der Waals surface area contributed by atoms with Crippen LogP contribution in [0, 0.1) is 17.6 Å². The fraction of sp³-hybridized carbons (Fsp3) is 0.273. The van der Waals surface area contributed by atoms with Gasteiger partial charge in [-0.25, -0.2) is 18.7 Å². The third-order valence-electron chi connectivity index (χ3n) is 7.76. The summed E-state index contributed by atoms with van der Waals surface area (Å²) < 4.78 is 77.6. The smallest absolute Gasteiger partial charge is 0.417 e. The normalized spacial score (nSPS) is 14.4. The average molecular weight is 578 g/mol. The summed E-state index contributed by atoms with van der Waals surface area (Å²) in [4.78, 5) is 8.68. The van der Waals surface area contributed by atoms with Crippen molar-refractivity contribution in [3.8, 4) is 39.7 Å². The summed E-state index contributed by atoms with van der Waals surface area (Å²) in [5, 5.41) is 0. The summed E-state index contributed by atoms with van der Waals surface area (Å²) in [5.41, 5.74) is 1.71. The van der Waals surface area contributed by atoms with E-state index in [0.29, 0.717) is 36.0 Å². The second-order valence-electron chi connectivity index (χ2n) is 10.8. The first-order chi connectivity index (χ1) is 20.2. The molecule has 0 atom stereocenters. The molecule has 2 heterocycles. The predicted octanol–water partition coefficient (Wildman–Crippen LogP) is 9.02. The number of imidazole rings is 1. The molecule has 0 radical (unpaired) electrons. The van der Waals surface area contributed by atoms with E-state index in [4.69, 9.17) is 4.74 Å². The Morgan fingerprint density at radius 3 is 2.36 bits per heavy atom. The molecule has 0 bridgehead atoms. The van der Waals surface area contributed by atoms with Crippen molar-refractivity contribution in [1.82, 2.24) is 14.5 Å². The maximum atomic E-state index is 14.2. The molecule has 1 fully saturated rings. The van der Waals surface area contributed by atoms with E-state index in [0.717, 1.165) is 43.4 Å². The number of aromatic nitrogens is 3. The minimum absolute atomic E-state index is 0.0182. The molecule has 0 unspecified atom stereocenters. The Morgan fingerprint density at radius 1 is 0.833 bits per heavy atom. The van der Waals surface area contributed by atoms with Crippen molar-refractivity contribution in [2.24, 2.45) is 5.92 Å². The molecule has 4 nitrogen and oxygen atoms in total. The van der Waals surface area contributed by atoms with E-state index in [9.17, 15) is 22.0 Å².